The summed E-state index contributed by atoms with van der Waals surface area (Å²) in [5, 5.41) is 3.53. The van der Waals surface area contributed by atoms with Gasteiger partial charge in [0, 0.05) is 29.4 Å². The molecule has 0 radical (unpaired) electrons. The third kappa shape index (κ3) is 5.09. The molecule has 0 bridgehead atoms. The summed E-state index contributed by atoms with van der Waals surface area (Å²) in [6.45, 7) is 16.8. The zero-order valence-corrected chi connectivity index (χ0v) is 13.4. The SMILES string of the molecule is CCN(CC)CCNCc1ccc(C(C)(C)C)s1. The van der Waals surface area contributed by atoms with Crippen LogP contribution < -0.4 is 5.32 Å². The molecule has 0 spiro atoms. The van der Waals surface area contributed by atoms with Crippen LogP contribution in [0.1, 0.15) is 44.4 Å². The molecule has 1 aromatic heterocycles. The van der Waals surface area contributed by atoms with E-state index in [9.17, 15) is 0 Å². The van der Waals surface area contributed by atoms with Crippen LogP contribution >= 0.6 is 11.3 Å². The van der Waals surface area contributed by atoms with Crippen molar-refractivity contribution in [3.05, 3.63) is 21.9 Å². The first kappa shape index (κ1) is 15.7. The molecule has 1 N–H and O–H groups in total. The third-order valence-electron chi connectivity index (χ3n) is 3.20. The highest BCUT2D eigenvalue weighted by atomic mass is 32.1. The number of rotatable bonds is 7. The molecule has 0 saturated heterocycles. The average Bonchev–Trinajstić information content (AvgIpc) is 2.78. The Balaban J connectivity index is 2.30. The molecule has 0 unspecified atom stereocenters. The molecular formula is C15H28N2S. The minimum absolute atomic E-state index is 0.282. The molecule has 3 heteroatoms. The maximum absolute atomic E-state index is 3.53. The predicted molar refractivity (Wildman–Crippen MR) is 82.5 cm³/mol. The lowest BCUT2D eigenvalue weighted by molar-refractivity contribution is 0.302. The summed E-state index contributed by atoms with van der Waals surface area (Å²) in [6.07, 6.45) is 0. The molecule has 2 nitrogen and oxygen atoms in total. The maximum atomic E-state index is 3.53. The van der Waals surface area contributed by atoms with Gasteiger partial charge in [-0.05, 0) is 30.6 Å². The Kier molecular flexibility index (Phi) is 6.33. The van der Waals surface area contributed by atoms with Crippen LogP contribution in [0.4, 0.5) is 0 Å². The van der Waals surface area contributed by atoms with Crippen LogP contribution in [0.25, 0.3) is 0 Å². The number of likely N-dealkylation sites (N-methyl/N-ethyl adjacent to an activating group) is 1. The topological polar surface area (TPSA) is 15.3 Å². The summed E-state index contributed by atoms with van der Waals surface area (Å²) >= 11 is 1.93. The van der Waals surface area contributed by atoms with E-state index in [4.69, 9.17) is 0 Å². The minimum Gasteiger partial charge on any atom is -0.311 e. The number of nitrogens with zero attached hydrogens (tertiary/aromatic N) is 1. The Morgan fingerprint density at radius 3 is 2.33 bits per heavy atom. The number of thiophene rings is 1. The second-order valence-electron chi connectivity index (χ2n) is 5.72. The van der Waals surface area contributed by atoms with Crippen molar-refractivity contribution in [1.29, 1.82) is 0 Å². The van der Waals surface area contributed by atoms with E-state index in [1.165, 1.54) is 9.75 Å². The summed E-state index contributed by atoms with van der Waals surface area (Å²) < 4.78 is 0. The van der Waals surface area contributed by atoms with Crippen molar-refractivity contribution in [2.24, 2.45) is 0 Å². The standard InChI is InChI=1S/C15H28N2S/c1-6-17(7-2)11-10-16-12-13-8-9-14(18-13)15(3,4)5/h8-9,16H,6-7,10-12H2,1-5H3. The summed E-state index contributed by atoms with van der Waals surface area (Å²) in [6, 6.07) is 4.53. The summed E-state index contributed by atoms with van der Waals surface area (Å²) in [7, 11) is 0. The Bertz CT molecular complexity index is 335. The van der Waals surface area contributed by atoms with Crippen LogP contribution in [0, 0.1) is 0 Å². The van der Waals surface area contributed by atoms with E-state index in [0.717, 1.165) is 32.7 Å². The monoisotopic (exact) mass is 268 g/mol. The van der Waals surface area contributed by atoms with Gasteiger partial charge in [0.2, 0.25) is 0 Å². The molecule has 0 saturated carbocycles. The number of nitrogens with one attached hydrogen (secondary N) is 1. The van der Waals surface area contributed by atoms with Gasteiger partial charge in [-0.15, -0.1) is 11.3 Å². The van der Waals surface area contributed by atoms with Crippen molar-refractivity contribution in [1.82, 2.24) is 10.2 Å². The lowest BCUT2D eigenvalue weighted by Crippen LogP contribution is -2.31. The van der Waals surface area contributed by atoms with E-state index in [0.29, 0.717) is 0 Å². The van der Waals surface area contributed by atoms with Gasteiger partial charge in [-0.2, -0.15) is 0 Å². The molecule has 0 amide bonds. The lowest BCUT2D eigenvalue weighted by Gasteiger charge is -2.18. The van der Waals surface area contributed by atoms with E-state index in [1.54, 1.807) is 0 Å². The minimum atomic E-state index is 0.282. The molecule has 0 fully saturated rings. The normalized spacial score (nSPS) is 12.3. The largest absolute Gasteiger partial charge is 0.311 e. The first-order chi connectivity index (χ1) is 8.47. The molecule has 0 aliphatic rings. The van der Waals surface area contributed by atoms with Gasteiger partial charge in [0.1, 0.15) is 0 Å². The first-order valence-corrected chi connectivity index (χ1v) is 7.81. The van der Waals surface area contributed by atoms with Crippen LogP contribution in [0.15, 0.2) is 12.1 Å². The maximum Gasteiger partial charge on any atom is 0.0300 e. The average molecular weight is 268 g/mol. The predicted octanol–water partition coefficient (Wildman–Crippen LogP) is 3.48. The first-order valence-electron chi connectivity index (χ1n) is 6.99. The molecule has 104 valence electrons. The fourth-order valence-corrected chi connectivity index (χ4v) is 2.90. The van der Waals surface area contributed by atoms with Crippen molar-refractivity contribution in [3.8, 4) is 0 Å². The molecule has 1 aromatic rings. The van der Waals surface area contributed by atoms with Gasteiger partial charge in [-0.3, -0.25) is 0 Å². The third-order valence-corrected chi connectivity index (χ3v) is 4.71. The fraction of sp³-hybridized carbons (Fsp3) is 0.733. The van der Waals surface area contributed by atoms with Crippen molar-refractivity contribution < 1.29 is 0 Å². The zero-order chi connectivity index (χ0) is 13.6. The molecule has 0 atom stereocenters. The van der Waals surface area contributed by atoms with Gasteiger partial charge in [-0.25, -0.2) is 0 Å². The van der Waals surface area contributed by atoms with E-state index in [2.05, 4.69) is 57.0 Å². The van der Waals surface area contributed by atoms with Crippen LogP contribution in [0.5, 0.6) is 0 Å². The van der Waals surface area contributed by atoms with E-state index < -0.39 is 0 Å². The van der Waals surface area contributed by atoms with Crippen LogP contribution in [0.3, 0.4) is 0 Å². The van der Waals surface area contributed by atoms with Gasteiger partial charge in [0.15, 0.2) is 0 Å². The Morgan fingerprint density at radius 2 is 1.83 bits per heavy atom. The highest BCUT2D eigenvalue weighted by molar-refractivity contribution is 7.12. The number of hydrogen-bond donors (Lipinski definition) is 1. The molecular weight excluding hydrogens is 240 g/mol. The van der Waals surface area contributed by atoms with Gasteiger partial charge in [-0.1, -0.05) is 34.6 Å². The van der Waals surface area contributed by atoms with E-state index >= 15 is 0 Å². The van der Waals surface area contributed by atoms with Crippen molar-refractivity contribution in [2.75, 3.05) is 26.2 Å². The number of hydrogen-bond acceptors (Lipinski definition) is 3. The van der Waals surface area contributed by atoms with E-state index in [1.807, 2.05) is 11.3 Å². The fourth-order valence-electron chi connectivity index (χ4n) is 1.86. The quantitative estimate of drug-likeness (QED) is 0.762. The molecule has 0 aromatic carbocycles. The van der Waals surface area contributed by atoms with Crippen molar-refractivity contribution >= 4 is 11.3 Å². The van der Waals surface area contributed by atoms with Crippen LogP contribution in [-0.4, -0.2) is 31.1 Å². The van der Waals surface area contributed by atoms with E-state index in [-0.39, 0.29) is 5.41 Å². The van der Waals surface area contributed by atoms with Crippen molar-refractivity contribution in [3.63, 3.8) is 0 Å². The molecule has 0 aliphatic carbocycles. The van der Waals surface area contributed by atoms with Crippen molar-refractivity contribution in [2.45, 2.75) is 46.6 Å². The van der Waals surface area contributed by atoms with Crippen LogP contribution in [0.2, 0.25) is 0 Å². The zero-order valence-electron chi connectivity index (χ0n) is 12.5. The lowest BCUT2D eigenvalue weighted by atomic mass is 9.95. The van der Waals surface area contributed by atoms with Gasteiger partial charge in [0.25, 0.3) is 0 Å². The molecule has 1 heterocycles. The highest BCUT2D eigenvalue weighted by Gasteiger charge is 2.15. The molecule has 18 heavy (non-hydrogen) atoms. The second kappa shape index (κ2) is 7.27. The highest BCUT2D eigenvalue weighted by Crippen LogP contribution is 2.29. The van der Waals surface area contributed by atoms with Gasteiger partial charge in [0.05, 0.1) is 0 Å². The Labute approximate surface area is 116 Å². The molecule has 1 rings (SSSR count). The smallest absolute Gasteiger partial charge is 0.0300 e. The van der Waals surface area contributed by atoms with Gasteiger partial charge < -0.3 is 10.2 Å². The summed E-state index contributed by atoms with van der Waals surface area (Å²) in [4.78, 5) is 5.37. The Hall–Kier alpha value is -0.380. The van der Waals surface area contributed by atoms with Crippen LogP contribution in [-0.2, 0) is 12.0 Å². The second-order valence-corrected chi connectivity index (χ2v) is 6.89. The Morgan fingerprint density at radius 1 is 1.17 bits per heavy atom. The summed E-state index contributed by atoms with van der Waals surface area (Å²) in [5.41, 5.74) is 0.282. The summed E-state index contributed by atoms with van der Waals surface area (Å²) in [5.74, 6) is 0. The molecule has 0 aliphatic heterocycles. The van der Waals surface area contributed by atoms with Gasteiger partial charge >= 0.3 is 0 Å².